The summed E-state index contributed by atoms with van der Waals surface area (Å²) in [5, 5.41) is 10.0. The molecule has 0 aromatic carbocycles. The van der Waals surface area contributed by atoms with E-state index in [9.17, 15) is 14.3 Å². The molecular formula is C25H34FN5O5. The smallest absolute Gasteiger partial charge is 0.434 e. The third-order valence-electron chi connectivity index (χ3n) is 9.02. The van der Waals surface area contributed by atoms with Crippen molar-refractivity contribution in [3.05, 3.63) is 12.4 Å². The van der Waals surface area contributed by atoms with Crippen LogP contribution in [0.3, 0.4) is 0 Å². The number of halogens is 1. The number of aliphatic hydroxyl groups excluding tert-OH is 1. The first kappa shape index (κ1) is 23.8. The second-order valence-corrected chi connectivity index (χ2v) is 11.7. The number of aliphatic hydroxyl groups is 1. The van der Waals surface area contributed by atoms with Gasteiger partial charge in [-0.25, -0.2) is 9.78 Å². The fourth-order valence-electron chi connectivity index (χ4n) is 7.82. The van der Waals surface area contributed by atoms with E-state index < -0.39 is 30.2 Å². The molecule has 2 aromatic rings. The van der Waals surface area contributed by atoms with E-state index in [1.54, 1.807) is 6.92 Å². The zero-order valence-electron chi connectivity index (χ0n) is 20.6. The standard InChI is InChI=1S/C25H34FN5O5/c1-24(12-32)17(8-18(36-24)31-13-28-19-20(27)29-22(26)30-21(19)31)35-23(33)34-4-2-3-25-9-14-5-15(10-25)7-16(6-14)11-25/h13-18,32H,2-12H2,1H3,(H2,27,29,30)/t14?,15?,16?,17-,18+,24+,25?/m0/s1. The third-order valence-corrected chi connectivity index (χ3v) is 9.02. The second-order valence-electron chi connectivity index (χ2n) is 11.7. The lowest BCUT2D eigenvalue weighted by Crippen LogP contribution is -2.46. The predicted octanol–water partition coefficient (Wildman–Crippen LogP) is 3.74. The van der Waals surface area contributed by atoms with Gasteiger partial charge in [-0.15, -0.1) is 0 Å². The highest BCUT2D eigenvalue weighted by Crippen LogP contribution is 2.61. The van der Waals surface area contributed by atoms with Gasteiger partial charge in [0.15, 0.2) is 17.0 Å². The van der Waals surface area contributed by atoms with Gasteiger partial charge in [0, 0.05) is 6.42 Å². The molecule has 4 saturated carbocycles. The van der Waals surface area contributed by atoms with E-state index in [2.05, 4.69) is 15.0 Å². The Hall–Kier alpha value is -2.53. The van der Waals surface area contributed by atoms with Gasteiger partial charge >= 0.3 is 12.2 Å². The van der Waals surface area contributed by atoms with Crippen LogP contribution in [-0.2, 0) is 14.2 Å². The molecule has 11 heteroatoms. The minimum absolute atomic E-state index is 0.0795. The molecule has 0 spiro atoms. The summed E-state index contributed by atoms with van der Waals surface area (Å²) in [5.41, 5.74) is 5.44. The molecule has 7 rings (SSSR count). The fraction of sp³-hybridized carbons (Fsp3) is 0.760. The van der Waals surface area contributed by atoms with Crippen molar-refractivity contribution in [3.8, 4) is 0 Å². The number of fused-ring (bicyclic) bond motifs is 1. The molecule has 5 fully saturated rings. The van der Waals surface area contributed by atoms with Crippen LogP contribution >= 0.6 is 0 Å². The first-order valence-corrected chi connectivity index (χ1v) is 13.0. The number of nitrogen functional groups attached to an aromatic ring is 1. The van der Waals surface area contributed by atoms with Crippen LogP contribution in [0.1, 0.15) is 70.9 Å². The maximum absolute atomic E-state index is 13.8. The summed E-state index contributed by atoms with van der Waals surface area (Å²) in [5.74, 6) is 2.63. The SMILES string of the molecule is C[C@]1(CO)O[C@@H](n2cnc3c(N)nc(F)nc32)C[C@@H]1OC(=O)OCCCC12CC3CC(CC(C3)C1)C2. The number of hydrogen-bond acceptors (Lipinski definition) is 9. The zero-order chi connectivity index (χ0) is 25.1. The van der Waals surface area contributed by atoms with Gasteiger partial charge in [-0.05, 0) is 81.5 Å². The summed E-state index contributed by atoms with van der Waals surface area (Å²) < 4.78 is 32.3. The number of anilines is 1. The van der Waals surface area contributed by atoms with Crippen molar-refractivity contribution in [1.29, 1.82) is 0 Å². The van der Waals surface area contributed by atoms with Gasteiger partial charge in [0.25, 0.3) is 0 Å². The predicted molar refractivity (Wildman–Crippen MR) is 126 cm³/mol. The molecule has 36 heavy (non-hydrogen) atoms. The molecule has 10 nitrogen and oxygen atoms in total. The number of rotatable bonds is 7. The van der Waals surface area contributed by atoms with E-state index in [1.165, 1.54) is 49.4 Å². The lowest BCUT2D eigenvalue weighted by Gasteiger charge is -2.57. The van der Waals surface area contributed by atoms with Gasteiger partial charge in [0.05, 0.1) is 19.5 Å². The van der Waals surface area contributed by atoms with Gasteiger partial charge in [-0.3, -0.25) is 4.57 Å². The maximum atomic E-state index is 13.8. The van der Waals surface area contributed by atoms with Crippen molar-refractivity contribution in [2.24, 2.45) is 23.2 Å². The van der Waals surface area contributed by atoms with E-state index in [0.29, 0.717) is 12.0 Å². The van der Waals surface area contributed by atoms with E-state index in [0.717, 1.165) is 30.6 Å². The molecular weight excluding hydrogens is 469 g/mol. The summed E-state index contributed by atoms with van der Waals surface area (Å²) >= 11 is 0. The Labute approximate surface area is 208 Å². The number of aromatic nitrogens is 4. The Morgan fingerprint density at radius 3 is 2.58 bits per heavy atom. The molecule has 4 bridgehead atoms. The summed E-state index contributed by atoms with van der Waals surface area (Å²) in [6, 6.07) is 0. The zero-order valence-corrected chi connectivity index (χ0v) is 20.6. The molecule has 4 aliphatic carbocycles. The topological polar surface area (TPSA) is 135 Å². The van der Waals surface area contributed by atoms with E-state index in [4.69, 9.17) is 19.9 Å². The molecule has 2 aromatic heterocycles. The molecule has 1 saturated heterocycles. The molecule has 0 radical (unpaired) electrons. The van der Waals surface area contributed by atoms with Crippen molar-refractivity contribution in [1.82, 2.24) is 19.5 Å². The first-order chi connectivity index (χ1) is 17.3. The number of hydrogen-bond donors (Lipinski definition) is 2. The van der Waals surface area contributed by atoms with Crippen molar-refractivity contribution in [2.75, 3.05) is 18.9 Å². The average molecular weight is 504 g/mol. The molecule has 0 unspecified atom stereocenters. The third kappa shape index (κ3) is 4.19. The van der Waals surface area contributed by atoms with Crippen LogP contribution in [0.2, 0.25) is 0 Å². The molecule has 0 amide bonds. The highest BCUT2D eigenvalue weighted by atomic mass is 19.1. The molecule has 3 N–H and O–H groups in total. The molecule has 5 aliphatic rings. The Kier molecular flexibility index (Phi) is 5.82. The normalized spacial score (nSPS) is 37.0. The molecule has 3 atom stereocenters. The number of imidazole rings is 1. The van der Waals surface area contributed by atoms with Crippen LogP contribution in [0, 0.1) is 29.2 Å². The van der Waals surface area contributed by atoms with Crippen LogP contribution < -0.4 is 5.73 Å². The minimum Gasteiger partial charge on any atom is -0.434 e. The monoisotopic (exact) mass is 503 g/mol. The maximum Gasteiger partial charge on any atom is 0.508 e. The van der Waals surface area contributed by atoms with Crippen molar-refractivity contribution in [2.45, 2.75) is 82.6 Å². The lowest BCUT2D eigenvalue weighted by atomic mass is 9.48. The van der Waals surface area contributed by atoms with Crippen LogP contribution in [0.25, 0.3) is 11.2 Å². The summed E-state index contributed by atoms with van der Waals surface area (Å²) in [6.45, 7) is 1.59. The molecule has 1 aliphatic heterocycles. The Bertz CT molecular complexity index is 1120. The number of carbonyl (C=O) groups excluding carboxylic acids is 1. The number of nitrogens with two attached hydrogens (primary N) is 1. The van der Waals surface area contributed by atoms with Gasteiger partial charge in [0.2, 0.25) is 0 Å². The Morgan fingerprint density at radius 2 is 1.92 bits per heavy atom. The van der Waals surface area contributed by atoms with Gasteiger partial charge < -0.3 is 25.1 Å². The van der Waals surface area contributed by atoms with Crippen molar-refractivity contribution >= 4 is 23.1 Å². The largest absolute Gasteiger partial charge is 0.508 e. The van der Waals surface area contributed by atoms with Gasteiger partial charge in [-0.1, -0.05) is 0 Å². The Morgan fingerprint density at radius 1 is 1.22 bits per heavy atom. The average Bonchev–Trinajstić information content (AvgIpc) is 3.37. The van der Waals surface area contributed by atoms with Crippen molar-refractivity contribution in [3.63, 3.8) is 0 Å². The van der Waals surface area contributed by atoms with Crippen LogP contribution in [0.4, 0.5) is 15.0 Å². The van der Waals surface area contributed by atoms with E-state index in [1.807, 2.05) is 0 Å². The quantitative estimate of drug-likeness (QED) is 0.329. The fourth-order valence-corrected chi connectivity index (χ4v) is 7.82. The molecule has 3 heterocycles. The number of nitrogens with zero attached hydrogens (tertiary/aromatic N) is 4. The summed E-state index contributed by atoms with van der Waals surface area (Å²) in [4.78, 5) is 24.0. The Balaban J connectivity index is 1.05. The van der Waals surface area contributed by atoms with Crippen molar-refractivity contribution < 1.29 is 28.5 Å². The van der Waals surface area contributed by atoms with Crippen LogP contribution in [0.15, 0.2) is 6.33 Å². The first-order valence-electron chi connectivity index (χ1n) is 13.0. The van der Waals surface area contributed by atoms with Crippen LogP contribution in [0.5, 0.6) is 0 Å². The minimum atomic E-state index is -1.17. The van der Waals surface area contributed by atoms with Gasteiger partial charge in [-0.2, -0.15) is 14.4 Å². The molecule has 196 valence electrons. The highest BCUT2D eigenvalue weighted by Gasteiger charge is 2.51. The number of ether oxygens (including phenoxy) is 3. The summed E-state index contributed by atoms with van der Waals surface area (Å²) in [6.07, 6.45) is 8.59. The highest BCUT2D eigenvalue weighted by molar-refractivity contribution is 5.81. The van der Waals surface area contributed by atoms with Gasteiger partial charge in [0.1, 0.15) is 17.9 Å². The second kappa shape index (κ2) is 8.79. The number of carbonyl (C=O) groups is 1. The van der Waals surface area contributed by atoms with Crippen LogP contribution in [-0.4, -0.2) is 55.7 Å². The van der Waals surface area contributed by atoms with E-state index >= 15 is 0 Å². The van der Waals surface area contributed by atoms with E-state index in [-0.39, 0.29) is 30.0 Å². The summed E-state index contributed by atoms with van der Waals surface area (Å²) in [7, 11) is 0. The lowest BCUT2D eigenvalue weighted by molar-refractivity contribution is -0.122.